The first kappa shape index (κ1) is 20.5. The minimum Gasteiger partial charge on any atom is -0.496 e. The molecule has 3 aliphatic heterocycles. The van der Waals surface area contributed by atoms with Gasteiger partial charge in [-0.1, -0.05) is 36.4 Å². The van der Waals surface area contributed by atoms with Crippen LogP contribution in [0, 0.1) is 5.92 Å². The molecule has 6 heteroatoms. The molecule has 0 radical (unpaired) electrons. The number of para-hydroxylation sites is 2. The lowest BCUT2D eigenvalue weighted by molar-refractivity contribution is -0.126. The van der Waals surface area contributed by atoms with Crippen molar-refractivity contribution in [1.82, 2.24) is 4.90 Å². The van der Waals surface area contributed by atoms with Crippen LogP contribution < -0.4 is 9.64 Å². The van der Waals surface area contributed by atoms with Gasteiger partial charge in [0.1, 0.15) is 5.75 Å². The van der Waals surface area contributed by atoms with Crippen molar-refractivity contribution >= 4 is 11.6 Å². The summed E-state index contributed by atoms with van der Waals surface area (Å²) in [5, 5.41) is 10.2. The Balaban J connectivity index is 1.45. The maximum atomic E-state index is 13.5. The summed E-state index contributed by atoms with van der Waals surface area (Å²) >= 11 is 0. The van der Waals surface area contributed by atoms with E-state index in [1.54, 1.807) is 7.11 Å². The van der Waals surface area contributed by atoms with Crippen LogP contribution in [0.3, 0.4) is 0 Å². The lowest BCUT2D eigenvalue weighted by Gasteiger charge is -2.59. The topological polar surface area (TPSA) is 62.2 Å². The molecule has 0 aliphatic carbocycles. The minimum atomic E-state index is 0.0229. The van der Waals surface area contributed by atoms with Crippen molar-refractivity contribution in [3.63, 3.8) is 0 Å². The summed E-state index contributed by atoms with van der Waals surface area (Å²) in [4.78, 5) is 17.8. The quantitative estimate of drug-likeness (QED) is 0.803. The summed E-state index contributed by atoms with van der Waals surface area (Å²) < 4.78 is 11.0. The first-order chi connectivity index (χ1) is 15.2. The standard InChI is InChI=1S/C25H30N2O4/c1-30-23-9-5-2-6-18(23)14-26-21-15-27(25(29)17-10-12-31-13-11-17)20-8-4-3-7-19(20)24(21)22(26)16-28/h2-9,17,21-22,24,28H,10-16H2,1H3/t21-,22+,24+/m1/s1. The summed E-state index contributed by atoms with van der Waals surface area (Å²) in [6.45, 7) is 2.76. The molecule has 3 atom stereocenters. The maximum Gasteiger partial charge on any atom is 0.230 e. The molecular formula is C25H30N2O4. The molecule has 31 heavy (non-hydrogen) atoms. The molecule has 1 N–H and O–H groups in total. The number of aliphatic hydroxyl groups is 1. The zero-order valence-corrected chi connectivity index (χ0v) is 17.9. The Bertz CT molecular complexity index is 943. The van der Waals surface area contributed by atoms with Gasteiger partial charge in [-0.15, -0.1) is 0 Å². The highest BCUT2D eigenvalue weighted by Gasteiger charge is 2.53. The Labute approximate surface area is 183 Å². The fourth-order valence-corrected chi connectivity index (χ4v) is 5.60. The number of ether oxygens (including phenoxy) is 2. The van der Waals surface area contributed by atoms with Crippen LogP contribution in [0.4, 0.5) is 5.69 Å². The van der Waals surface area contributed by atoms with Crippen molar-refractivity contribution in [3.8, 4) is 5.75 Å². The van der Waals surface area contributed by atoms with E-state index >= 15 is 0 Å². The maximum absolute atomic E-state index is 13.5. The third kappa shape index (κ3) is 3.53. The van der Waals surface area contributed by atoms with E-state index in [-0.39, 0.29) is 36.4 Å². The van der Waals surface area contributed by atoms with Crippen LogP contribution in [0.25, 0.3) is 0 Å². The molecule has 0 aromatic heterocycles. The Morgan fingerprint density at radius 2 is 1.87 bits per heavy atom. The molecule has 3 aliphatic rings. The van der Waals surface area contributed by atoms with Crippen LogP contribution in [0.5, 0.6) is 5.75 Å². The predicted molar refractivity (Wildman–Crippen MR) is 118 cm³/mol. The molecule has 1 amide bonds. The first-order valence-corrected chi connectivity index (χ1v) is 11.2. The van der Waals surface area contributed by atoms with E-state index in [0.29, 0.717) is 26.3 Å². The second kappa shape index (κ2) is 8.61. The van der Waals surface area contributed by atoms with Gasteiger partial charge in [-0.25, -0.2) is 0 Å². The molecule has 2 aromatic rings. The van der Waals surface area contributed by atoms with Crippen LogP contribution in [-0.4, -0.2) is 61.5 Å². The number of aliphatic hydroxyl groups excluding tert-OH is 1. The van der Waals surface area contributed by atoms with Gasteiger partial charge in [0.15, 0.2) is 0 Å². The first-order valence-electron chi connectivity index (χ1n) is 11.2. The van der Waals surface area contributed by atoms with Crippen LogP contribution >= 0.6 is 0 Å². The second-order valence-electron chi connectivity index (χ2n) is 8.72. The Morgan fingerprint density at radius 3 is 2.65 bits per heavy atom. The Hall–Kier alpha value is -2.41. The zero-order valence-electron chi connectivity index (χ0n) is 17.9. The molecule has 0 unspecified atom stereocenters. The van der Waals surface area contributed by atoms with Crippen LogP contribution in [0.15, 0.2) is 48.5 Å². The monoisotopic (exact) mass is 422 g/mol. The highest BCUT2D eigenvalue weighted by atomic mass is 16.5. The van der Waals surface area contributed by atoms with Crippen molar-refractivity contribution in [1.29, 1.82) is 0 Å². The number of hydrogen-bond acceptors (Lipinski definition) is 5. The number of fused-ring (bicyclic) bond motifs is 3. The number of likely N-dealkylation sites (tertiary alicyclic amines) is 1. The fraction of sp³-hybridized carbons (Fsp3) is 0.480. The Morgan fingerprint density at radius 1 is 1.13 bits per heavy atom. The number of methoxy groups -OCH3 is 1. The van der Waals surface area contributed by atoms with Gasteiger partial charge in [0.2, 0.25) is 5.91 Å². The van der Waals surface area contributed by atoms with E-state index in [2.05, 4.69) is 23.1 Å². The van der Waals surface area contributed by atoms with Crippen LogP contribution in [0.1, 0.15) is 29.9 Å². The summed E-state index contributed by atoms with van der Waals surface area (Å²) in [6.07, 6.45) is 1.57. The van der Waals surface area contributed by atoms with Gasteiger partial charge in [0.05, 0.1) is 13.7 Å². The zero-order chi connectivity index (χ0) is 21.4. The SMILES string of the molecule is COc1ccccc1CN1[C@@H]2CN(C(=O)C3CCOCC3)c3ccccc3[C@@H]2[C@@H]1CO. The van der Waals surface area contributed by atoms with Crippen molar-refractivity contribution in [2.45, 2.75) is 37.4 Å². The van der Waals surface area contributed by atoms with E-state index in [9.17, 15) is 9.90 Å². The molecule has 0 bridgehead atoms. The molecule has 0 spiro atoms. The molecule has 5 rings (SSSR count). The number of carbonyl (C=O) groups is 1. The van der Waals surface area contributed by atoms with Crippen molar-refractivity contribution in [2.75, 3.05) is 38.4 Å². The number of carbonyl (C=O) groups excluding carboxylic acids is 1. The highest BCUT2D eigenvalue weighted by molar-refractivity contribution is 5.96. The number of nitrogens with zero attached hydrogens (tertiary/aromatic N) is 2. The summed E-state index contributed by atoms with van der Waals surface area (Å²) in [5.41, 5.74) is 3.29. The van der Waals surface area contributed by atoms with Gasteiger partial charge in [-0.3, -0.25) is 9.69 Å². The lowest BCUT2D eigenvalue weighted by Crippen LogP contribution is -2.69. The van der Waals surface area contributed by atoms with Gasteiger partial charge < -0.3 is 19.5 Å². The van der Waals surface area contributed by atoms with Crippen LogP contribution in [0.2, 0.25) is 0 Å². The second-order valence-corrected chi connectivity index (χ2v) is 8.72. The van der Waals surface area contributed by atoms with E-state index in [4.69, 9.17) is 9.47 Å². The number of rotatable bonds is 5. The van der Waals surface area contributed by atoms with E-state index in [1.165, 1.54) is 5.56 Å². The average Bonchev–Trinajstić information content (AvgIpc) is 2.83. The molecule has 2 saturated heterocycles. The molecule has 2 aromatic carbocycles. The minimum absolute atomic E-state index is 0.0229. The van der Waals surface area contributed by atoms with Gasteiger partial charge in [0, 0.05) is 61.5 Å². The molecule has 0 saturated carbocycles. The lowest BCUT2D eigenvalue weighted by atomic mass is 9.71. The smallest absolute Gasteiger partial charge is 0.230 e. The van der Waals surface area contributed by atoms with Gasteiger partial charge in [-0.05, 0) is 30.5 Å². The predicted octanol–water partition coefficient (Wildman–Crippen LogP) is 2.80. The molecule has 6 nitrogen and oxygen atoms in total. The Kier molecular flexibility index (Phi) is 5.69. The molecular weight excluding hydrogens is 392 g/mol. The van der Waals surface area contributed by atoms with Gasteiger partial charge >= 0.3 is 0 Å². The van der Waals surface area contributed by atoms with Crippen LogP contribution in [-0.2, 0) is 16.1 Å². The molecule has 2 fully saturated rings. The third-order valence-electron chi connectivity index (χ3n) is 7.21. The van der Waals surface area contributed by atoms with E-state index in [0.717, 1.165) is 29.8 Å². The largest absolute Gasteiger partial charge is 0.496 e. The summed E-state index contributed by atoms with van der Waals surface area (Å²) in [5.74, 6) is 1.32. The third-order valence-corrected chi connectivity index (χ3v) is 7.21. The molecule has 164 valence electrons. The number of hydrogen-bond donors (Lipinski definition) is 1. The van der Waals surface area contributed by atoms with E-state index in [1.807, 2.05) is 35.2 Å². The number of anilines is 1. The number of benzene rings is 2. The van der Waals surface area contributed by atoms with E-state index < -0.39 is 0 Å². The summed E-state index contributed by atoms with van der Waals surface area (Å²) in [6, 6.07) is 16.5. The normalized spacial score (nSPS) is 26.0. The average molecular weight is 423 g/mol. The van der Waals surface area contributed by atoms with Crippen molar-refractivity contribution in [3.05, 3.63) is 59.7 Å². The fourth-order valence-electron chi connectivity index (χ4n) is 5.60. The van der Waals surface area contributed by atoms with Gasteiger partial charge in [-0.2, -0.15) is 0 Å². The highest BCUT2D eigenvalue weighted by Crippen LogP contribution is 2.49. The van der Waals surface area contributed by atoms with Crippen molar-refractivity contribution < 1.29 is 19.4 Å². The number of amides is 1. The summed E-state index contributed by atoms with van der Waals surface area (Å²) in [7, 11) is 1.69. The van der Waals surface area contributed by atoms with Crippen molar-refractivity contribution in [2.24, 2.45) is 5.92 Å². The molecule has 3 heterocycles. The van der Waals surface area contributed by atoms with Gasteiger partial charge in [0.25, 0.3) is 0 Å².